The van der Waals surface area contributed by atoms with Crippen LogP contribution in [-0.4, -0.2) is 50.7 Å². The van der Waals surface area contributed by atoms with Crippen molar-refractivity contribution in [1.29, 1.82) is 5.26 Å². The zero-order chi connectivity index (χ0) is 18.7. The smallest absolute Gasteiger partial charge is 0.215 e. The number of ether oxygens (including phenoxy) is 1. The van der Waals surface area contributed by atoms with Gasteiger partial charge in [-0.1, -0.05) is 12.1 Å². The Balaban J connectivity index is 1.99. The molecule has 2 atom stereocenters. The van der Waals surface area contributed by atoms with E-state index in [1.54, 1.807) is 24.3 Å². The van der Waals surface area contributed by atoms with Crippen LogP contribution in [0.25, 0.3) is 0 Å². The summed E-state index contributed by atoms with van der Waals surface area (Å²) >= 11 is 0. The molecule has 0 aromatic heterocycles. The maximum absolute atomic E-state index is 12.4. The highest BCUT2D eigenvalue weighted by atomic mass is 32.2. The summed E-state index contributed by atoms with van der Waals surface area (Å²) in [5.74, 6) is -0.130. The van der Waals surface area contributed by atoms with Crippen molar-refractivity contribution in [3.05, 3.63) is 35.4 Å². The normalized spacial score (nSPS) is 22.5. The Morgan fingerprint density at radius 3 is 2.56 bits per heavy atom. The van der Waals surface area contributed by atoms with E-state index in [2.05, 4.69) is 9.62 Å². The van der Waals surface area contributed by atoms with E-state index in [0.29, 0.717) is 17.7 Å². The fourth-order valence-electron chi connectivity index (χ4n) is 3.07. The molecule has 1 N–H and O–H groups in total. The molecule has 1 aromatic carbocycles. The first kappa shape index (κ1) is 19.9. The van der Waals surface area contributed by atoms with E-state index in [1.165, 1.54) is 0 Å². The van der Waals surface area contributed by atoms with Crippen molar-refractivity contribution in [3.63, 3.8) is 0 Å². The number of sulfonamides is 1. The first-order chi connectivity index (χ1) is 11.6. The number of nitriles is 1. The van der Waals surface area contributed by atoms with Gasteiger partial charge in [0.2, 0.25) is 10.0 Å². The zero-order valence-electron chi connectivity index (χ0n) is 15.3. The number of nitrogens with one attached hydrogen (secondary N) is 1. The highest BCUT2D eigenvalue weighted by Gasteiger charge is 2.33. The predicted molar refractivity (Wildman–Crippen MR) is 97.4 cm³/mol. The Kier molecular flexibility index (Phi) is 6.22. The maximum atomic E-state index is 12.4. The van der Waals surface area contributed by atoms with Crippen molar-refractivity contribution in [2.45, 2.75) is 51.2 Å². The molecule has 0 aliphatic carbocycles. The van der Waals surface area contributed by atoms with Crippen molar-refractivity contribution in [2.24, 2.45) is 0 Å². The number of morpholine rings is 1. The molecule has 1 aliphatic heterocycles. The lowest BCUT2D eigenvalue weighted by molar-refractivity contribution is -0.0945. The molecule has 0 amide bonds. The van der Waals surface area contributed by atoms with Gasteiger partial charge >= 0.3 is 0 Å². The summed E-state index contributed by atoms with van der Waals surface area (Å²) in [5, 5.41) is 8.93. The number of rotatable bonds is 6. The molecular formula is C18H27N3O3S. The molecule has 138 valence electrons. The first-order valence-corrected chi connectivity index (χ1v) is 10.1. The van der Waals surface area contributed by atoms with Crippen molar-refractivity contribution >= 4 is 10.0 Å². The molecule has 2 rings (SSSR count). The van der Waals surface area contributed by atoms with Crippen LogP contribution in [0, 0.1) is 11.3 Å². The van der Waals surface area contributed by atoms with Gasteiger partial charge in [0.1, 0.15) is 0 Å². The SMILES string of the molecule is CC1CN(C(C)(C)CNS(=O)(=O)Cc2cccc(C#N)c2)CC(C)O1. The van der Waals surface area contributed by atoms with Crippen LogP contribution >= 0.6 is 0 Å². The molecule has 1 fully saturated rings. The van der Waals surface area contributed by atoms with Crippen molar-refractivity contribution in [1.82, 2.24) is 9.62 Å². The summed E-state index contributed by atoms with van der Waals surface area (Å²) in [4.78, 5) is 2.27. The first-order valence-electron chi connectivity index (χ1n) is 8.48. The summed E-state index contributed by atoms with van der Waals surface area (Å²) in [5.41, 5.74) is 0.760. The summed E-state index contributed by atoms with van der Waals surface area (Å²) in [6.45, 7) is 10.0. The van der Waals surface area contributed by atoms with Crippen LogP contribution in [0.4, 0.5) is 0 Å². The fourth-order valence-corrected chi connectivity index (χ4v) is 4.37. The summed E-state index contributed by atoms with van der Waals surface area (Å²) in [6, 6.07) is 8.71. The van der Waals surface area contributed by atoms with Gasteiger partial charge in [0.25, 0.3) is 0 Å². The number of hydrogen-bond donors (Lipinski definition) is 1. The minimum Gasteiger partial charge on any atom is -0.373 e. The molecule has 0 saturated carbocycles. The lowest BCUT2D eigenvalue weighted by atomic mass is 10.0. The van der Waals surface area contributed by atoms with Gasteiger partial charge in [0.05, 0.1) is 29.6 Å². The molecule has 2 unspecified atom stereocenters. The van der Waals surface area contributed by atoms with Crippen molar-refractivity contribution < 1.29 is 13.2 Å². The highest BCUT2D eigenvalue weighted by molar-refractivity contribution is 7.88. The largest absolute Gasteiger partial charge is 0.373 e. The van der Waals surface area contributed by atoms with Gasteiger partial charge in [-0.3, -0.25) is 4.90 Å². The van der Waals surface area contributed by atoms with Gasteiger partial charge in [-0.05, 0) is 45.4 Å². The quantitative estimate of drug-likeness (QED) is 0.832. The number of benzene rings is 1. The average Bonchev–Trinajstić information content (AvgIpc) is 2.52. The van der Waals surface area contributed by atoms with Crippen LogP contribution in [0.15, 0.2) is 24.3 Å². The standard InChI is InChI=1S/C18H27N3O3S/c1-14-10-21(11-15(2)24-14)18(3,4)13-20-25(22,23)12-17-7-5-6-16(8-17)9-19/h5-8,14-15,20H,10-13H2,1-4H3. The van der Waals surface area contributed by atoms with Gasteiger partial charge in [0.15, 0.2) is 0 Å². The molecule has 0 spiro atoms. The second kappa shape index (κ2) is 7.83. The molecule has 1 aliphatic rings. The molecule has 7 heteroatoms. The van der Waals surface area contributed by atoms with Crippen LogP contribution < -0.4 is 4.72 Å². The van der Waals surface area contributed by atoms with Crippen LogP contribution in [0.3, 0.4) is 0 Å². The van der Waals surface area contributed by atoms with Crippen LogP contribution in [-0.2, 0) is 20.5 Å². The van der Waals surface area contributed by atoms with Gasteiger partial charge in [-0.25, -0.2) is 13.1 Å². The van der Waals surface area contributed by atoms with E-state index >= 15 is 0 Å². The summed E-state index contributed by atoms with van der Waals surface area (Å²) in [7, 11) is -3.48. The highest BCUT2D eigenvalue weighted by Crippen LogP contribution is 2.21. The van der Waals surface area contributed by atoms with E-state index < -0.39 is 10.0 Å². The molecule has 1 aromatic rings. The van der Waals surface area contributed by atoms with Gasteiger partial charge in [-0.15, -0.1) is 0 Å². The molecular weight excluding hydrogens is 338 g/mol. The van der Waals surface area contributed by atoms with Gasteiger partial charge in [0, 0.05) is 25.2 Å². The maximum Gasteiger partial charge on any atom is 0.215 e. The Bertz CT molecular complexity index is 730. The van der Waals surface area contributed by atoms with E-state index in [1.807, 2.05) is 33.8 Å². The van der Waals surface area contributed by atoms with Crippen LogP contribution in [0.1, 0.15) is 38.8 Å². The fraction of sp³-hybridized carbons (Fsp3) is 0.611. The zero-order valence-corrected chi connectivity index (χ0v) is 16.1. The molecule has 6 nitrogen and oxygen atoms in total. The Hall–Kier alpha value is -1.46. The minimum absolute atomic E-state index is 0.130. The average molecular weight is 365 g/mol. The van der Waals surface area contributed by atoms with E-state index in [-0.39, 0.29) is 23.5 Å². The molecule has 1 saturated heterocycles. The molecule has 0 bridgehead atoms. The molecule has 25 heavy (non-hydrogen) atoms. The van der Waals surface area contributed by atoms with Gasteiger partial charge in [-0.2, -0.15) is 5.26 Å². The lowest BCUT2D eigenvalue weighted by Crippen LogP contribution is -2.58. The van der Waals surface area contributed by atoms with Crippen LogP contribution in [0.5, 0.6) is 0 Å². The van der Waals surface area contributed by atoms with Gasteiger partial charge < -0.3 is 4.74 Å². The lowest BCUT2D eigenvalue weighted by Gasteiger charge is -2.45. The second-order valence-corrected chi connectivity index (χ2v) is 9.17. The van der Waals surface area contributed by atoms with Crippen molar-refractivity contribution in [3.8, 4) is 6.07 Å². The Morgan fingerprint density at radius 1 is 1.32 bits per heavy atom. The molecule has 1 heterocycles. The second-order valence-electron chi connectivity index (χ2n) is 7.37. The summed E-state index contributed by atoms with van der Waals surface area (Å²) < 4.78 is 33.3. The van der Waals surface area contributed by atoms with E-state index in [9.17, 15) is 8.42 Å². The van der Waals surface area contributed by atoms with E-state index in [4.69, 9.17) is 10.00 Å². The Labute approximate surface area is 150 Å². The number of hydrogen-bond acceptors (Lipinski definition) is 5. The number of nitrogens with zero attached hydrogens (tertiary/aromatic N) is 2. The van der Waals surface area contributed by atoms with E-state index in [0.717, 1.165) is 13.1 Å². The third-order valence-electron chi connectivity index (χ3n) is 4.41. The summed E-state index contributed by atoms with van der Waals surface area (Å²) in [6.07, 6.45) is 0.265. The third kappa shape index (κ3) is 5.79. The van der Waals surface area contributed by atoms with Crippen molar-refractivity contribution in [2.75, 3.05) is 19.6 Å². The monoisotopic (exact) mass is 365 g/mol. The minimum atomic E-state index is -3.48. The molecule has 0 radical (unpaired) electrons. The Morgan fingerprint density at radius 2 is 1.96 bits per heavy atom. The topological polar surface area (TPSA) is 82.4 Å². The third-order valence-corrected chi connectivity index (χ3v) is 5.71. The predicted octanol–water partition coefficient (Wildman–Crippen LogP) is 1.87. The van der Waals surface area contributed by atoms with Crippen LogP contribution in [0.2, 0.25) is 0 Å².